The van der Waals surface area contributed by atoms with Crippen LogP contribution < -0.4 is 10.6 Å². The Morgan fingerprint density at radius 1 is 0.892 bits per heavy atom. The van der Waals surface area contributed by atoms with Crippen molar-refractivity contribution in [2.24, 2.45) is 0 Å². The minimum Gasteiger partial charge on any atom is -0.348 e. The number of aromatic nitrogens is 2. The number of nitrogens with zero attached hydrogens (tertiary/aromatic N) is 2. The number of fused-ring (bicyclic) bond motifs is 1. The lowest BCUT2D eigenvalue weighted by Crippen LogP contribution is -2.23. The second-order valence-electron chi connectivity index (χ2n) is 8.48. The Morgan fingerprint density at radius 2 is 1.59 bits per heavy atom. The van der Waals surface area contributed by atoms with Crippen LogP contribution in [0.25, 0.3) is 16.7 Å². The lowest BCUT2D eigenvalue weighted by molar-refractivity contribution is 0.0950. The van der Waals surface area contributed by atoms with E-state index in [1.807, 2.05) is 29.7 Å². The summed E-state index contributed by atoms with van der Waals surface area (Å²) in [5.74, 6) is -0.146. The zero-order valence-corrected chi connectivity index (χ0v) is 20.6. The first kappa shape index (κ1) is 24.2. The molecule has 0 saturated carbocycles. The van der Waals surface area contributed by atoms with E-state index >= 15 is 0 Å². The van der Waals surface area contributed by atoms with Gasteiger partial charge in [0.25, 0.3) is 11.8 Å². The smallest absolute Gasteiger partial charge is 0.255 e. The van der Waals surface area contributed by atoms with Gasteiger partial charge >= 0.3 is 0 Å². The summed E-state index contributed by atoms with van der Waals surface area (Å²) in [7, 11) is 0. The number of rotatable bonds is 6. The van der Waals surface area contributed by atoms with Crippen LogP contribution in [0.15, 0.2) is 91.0 Å². The van der Waals surface area contributed by atoms with Crippen molar-refractivity contribution in [2.45, 2.75) is 13.5 Å². The van der Waals surface area contributed by atoms with E-state index < -0.39 is 0 Å². The van der Waals surface area contributed by atoms with E-state index in [1.54, 1.807) is 60.7 Å². The number of halogens is 2. The summed E-state index contributed by atoms with van der Waals surface area (Å²) in [6.07, 6.45) is 0. The molecule has 0 aliphatic rings. The maximum absolute atomic E-state index is 13.4. The van der Waals surface area contributed by atoms with Crippen molar-refractivity contribution in [3.63, 3.8) is 0 Å². The zero-order valence-electron chi connectivity index (χ0n) is 19.8. The average molecular weight is 513 g/mol. The molecular formula is C29H22ClFN4O2. The van der Waals surface area contributed by atoms with Crippen molar-refractivity contribution < 1.29 is 14.0 Å². The average Bonchev–Trinajstić information content (AvgIpc) is 3.24. The number of carbonyl (C=O) groups is 2. The summed E-state index contributed by atoms with van der Waals surface area (Å²) in [6.45, 7) is 2.17. The molecular weight excluding hydrogens is 491 g/mol. The van der Waals surface area contributed by atoms with E-state index in [0.29, 0.717) is 28.4 Å². The highest BCUT2D eigenvalue weighted by Crippen LogP contribution is 2.23. The molecule has 37 heavy (non-hydrogen) atoms. The van der Waals surface area contributed by atoms with Gasteiger partial charge in [-0.15, -0.1) is 0 Å². The van der Waals surface area contributed by atoms with Crippen LogP contribution in [0.3, 0.4) is 0 Å². The summed E-state index contributed by atoms with van der Waals surface area (Å²) < 4.78 is 15.3. The molecule has 0 fully saturated rings. The number of carbonyl (C=O) groups excluding carboxylic acids is 2. The highest BCUT2D eigenvalue weighted by Gasteiger charge is 2.14. The van der Waals surface area contributed by atoms with Gasteiger partial charge < -0.3 is 10.6 Å². The first-order chi connectivity index (χ1) is 17.9. The fraction of sp³-hybridized carbons (Fsp3) is 0.0690. The molecule has 4 aromatic carbocycles. The van der Waals surface area contributed by atoms with E-state index in [-0.39, 0.29) is 17.6 Å². The number of amides is 2. The molecule has 1 heterocycles. The monoisotopic (exact) mass is 512 g/mol. The molecule has 0 aliphatic carbocycles. The van der Waals surface area contributed by atoms with Gasteiger partial charge in [-0.05, 0) is 85.3 Å². The fourth-order valence-corrected chi connectivity index (χ4v) is 4.28. The highest BCUT2D eigenvalue weighted by atomic mass is 35.5. The standard InChI is InChI=1S/C29H22ClFN4O2/c1-18-33-26-15-8-20(16-27(26)35(18)24-13-9-22(31)10-14-24)29(37)34-23-11-6-19(7-12-23)28(36)32-17-21-4-2-3-5-25(21)30/h2-16H,17H2,1H3,(H,32,36)(H,34,37). The first-order valence-corrected chi connectivity index (χ1v) is 11.9. The molecule has 0 unspecified atom stereocenters. The third-order valence-corrected chi connectivity index (χ3v) is 6.34. The van der Waals surface area contributed by atoms with E-state index in [9.17, 15) is 14.0 Å². The SMILES string of the molecule is Cc1nc2ccc(C(=O)Nc3ccc(C(=O)NCc4ccccc4Cl)cc3)cc2n1-c1ccc(F)cc1. The number of benzene rings is 4. The van der Waals surface area contributed by atoms with E-state index in [2.05, 4.69) is 15.6 Å². The topological polar surface area (TPSA) is 76.0 Å². The predicted molar refractivity (Wildman–Crippen MR) is 143 cm³/mol. The Bertz CT molecular complexity index is 1610. The molecule has 0 saturated heterocycles. The van der Waals surface area contributed by atoms with E-state index in [4.69, 9.17) is 11.6 Å². The van der Waals surface area contributed by atoms with Gasteiger partial charge in [-0.1, -0.05) is 29.8 Å². The molecule has 0 radical (unpaired) electrons. The molecule has 2 N–H and O–H groups in total. The van der Waals surface area contributed by atoms with E-state index in [0.717, 1.165) is 28.1 Å². The van der Waals surface area contributed by atoms with Gasteiger partial charge in [-0.3, -0.25) is 14.2 Å². The molecule has 1 aromatic heterocycles. The minimum absolute atomic E-state index is 0.243. The second-order valence-corrected chi connectivity index (χ2v) is 8.89. The van der Waals surface area contributed by atoms with Gasteiger partial charge in [0.15, 0.2) is 0 Å². The third kappa shape index (κ3) is 5.22. The summed E-state index contributed by atoms with van der Waals surface area (Å²) in [5, 5.41) is 6.30. The predicted octanol–water partition coefficient (Wildman–Crippen LogP) is 6.31. The molecule has 2 amide bonds. The molecule has 8 heteroatoms. The van der Waals surface area contributed by atoms with Crippen LogP contribution >= 0.6 is 11.6 Å². The Morgan fingerprint density at radius 3 is 2.32 bits per heavy atom. The quantitative estimate of drug-likeness (QED) is 0.280. The second kappa shape index (κ2) is 10.2. The Hall–Kier alpha value is -4.49. The summed E-state index contributed by atoms with van der Waals surface area (Å²) in [5.41, 5.74) is 4.50. The van der Waals surface area contributed by atoms with Crippen LogP contribution in [0.2, 0.25) is 5.02 Å². The van der Waals surface area contributed by atoms with Gasteiger partial charge in [-0.2, -0.15) is 0 Å². The first-order valence-electron chi connectivity index (χ1n) is 11.6. The largest absolute Gasteiger partial charge is 0.348 e. The molecule has 6 nitrogen and oxygen atoms in total. The number of nitrogens with one attached hydrogen (secondary N) is 2. The third-order valence-electron chi connectivity index (χ3n) is 5.97. The van der Waals surface area contributed by atoms with Crippen LogP contribution in [-0.4, -0.2) is 21.4 Å². The normalized spacial score (nSPS) is 10.9. The van der Waals surface area contributed by atoms with E-state index in [1.165, 1.54) is 12.1 Å². The highest BCUT2D eigenvalue weighted by molar-refractivity contribution is 6.31. The summed E-state index contributed by atoms with van der Waals surface area (Å²) >= 11 is 6.14. The summed E-state index contributed by atoms with van der Waals surface area (Å²) in [6, 6.07) is 25.3. The molecule has 5 rings (SSSR count). The Balaban J connectivity index is 1.29. The zero-order chi connectivity index (χ0) is 25.9. The van der Waals surface area contributed by atoms with Crippen LogP contribution in [0.1, 0.15) is 32.1 Å². The van der Waals surface area contributed by atoms with Crippen molar-refractivity contribution >= 4 is 40.1 Å². The van der Waals surface area contributed by atoms with Crippen LogP contribution in [-0.2, 0) is 6.54 Å². The maximum atomic E-state index is 13.4. The van der Waals surface area contributed by atoms with Crippen molar-refractivity contribution in [1.82, 2.24) is 14.9 Å². The van der Waals surface area contributed by atoms with Gasteiger partial charge in [0.1, 0.15) is 11.6 Å². The van der Waals surface area contributed by atoms with Gasteiger partial charge in [0.05, 0.1) is 11.0 Å². The number of hydrogen-bond acceptors (Lipinski definition) is 3. The number of hydrogen-bond donors (Lipinski definition) is 2. The lowest BCUT2D eigenvalue weighted by Gasteiger charge is -2.10. The van der Waals surface area contributed by atoms with Gasteiger partial charge in [0, 0.05) is 34.1 Å². The molecule has 0 spiro atoms. The molecule has 0 bridgehead atoms. The van der Waals surface area contributed by atoms with Crippen molar-refractivity contribution in [3.05, 3.63) is 124 Å². The summed E-state index contributed by atoms with van der Waals surface area (Å²) in [4.78, 5) is 30.0. The molecule has 0 atom stereocenters. The van der Waals surface area contributed by atoms with Crippen molar-refractivity contribution in [3.8, 4) is 5.69 Å². The van der Waals surface area contributed by atoms with Crippen LogP contribution in [0, 0.1) is 12.7 Å². The van der Waals surface area contributed by atoms with Crippen molar-refractivity contribution in [1.29, 1.82) is 0 Å². The van der Waals surface area contributed by atoms with Gasteiger partial charge in [-0.25, -0.2) is 9.37 Å². The Labute approximate surface area is 217 Å². The van der Waals surface area contributed by atoms with Crippen LogP contribution in [0.5, 0.6) is 0 Å². The number of aryl methyl sites for hydroxylation is 1. The number of anilines is 1. The maximum Gasteiger partial charge on any atom is 0.255 e. The number of imidazole rings is 1. The molecule has 5 aromatic rings. The lowest BCUT2D eigenvalue weighted by atomic mass is 10.1. The van der Waals surface area contributed by atoms with Crippen molar-refractivity contribution in [2.75, 3.05) is 5.32 Å². The Kier molecular flexibility index (Phi) is 6.70. The molecule has 0 aliphatic heterocycles. The van der Waals surface area contributed by atoms with Gasteiger partial charge in [0.2, 0.25) is 0 Å². The fourth-order valence-electron chi connectivity index (χ4n) is 4.08. The molecule has 184 valence electrons. The van der Waals surface area contributed by atoms with Crippen LogP contribution in [0.4, 0.5) is 10.1 Å². The minimum atomic E-state index is -0.324.